The first kappa shape index (κ1) is 26.7. The molecule has 0 aliphatic heterocycles. The zero-order valence-corrected chi connectivity index (χ0v) is 16.6. The monoisotopic (exact) mass is 432 g/mol. The number of carbonyl (C=O) groups is 6. The number of rotatable bonds is 13. The van der Waals surface area contributed by atoms with Gasteiger partial charge in [-0.15, -0.1) is 0 Å². The lowest BCUT2D eigenvalue weighted by molar-refractivity contribution is -0.142. The van der Waals surface area contributed by atoms with Gasteiger partial charge in [0, 0.05) is 6.42 Å². The van der Waals surface area contributed by atoms with E-state index < -0.39 is 72.2 Å². The molecule has 5 atom stereocenters. The van der Waals surface area contributed by atoms with Gasteiger partial charge >= 0.3 is 5.97 Å². The molecule has 0 heterocycles. The number of aliphatic hydroxyl groups is 1. The van der Waals surface area contributed by atoms with Crippen LogP contribution in [0.3, 0.4) is 0 Å². The molecule has 170 valence electrons. The molecule has 0 aliphatic rings. The SMILES string of the molecule is CC(NC(=O)C(CCC(N)=O)NC(=O)C(CC(N)=O)NC(=O)C(N)C(C)O)C(=O)O. The third-order valence-electron chi connectivity index (χ3n) is 3.90. The van der Waals surface area contributed by atoms with Crippen molar-refractivity contribution in [2.24, 2.45) is 17.2 Å². The highest BCUT2D eigenvalue weighted by Gasteiger charge is 2.31. The summed E-state index contributed by atoms with van der Waals surface area (Å²) in [5.41, 5.74) is 15.6. The van der Waals surface area contributed by atoms with E-state index in [1.54, 1.807) is 0 Å². The van der Waals surface area contributed by atoms with E-state index in [-0.39, 0.29) is 12.8 Å². The van der Waals surface area contributed by atoms with Crippen molar-refractivity contribution in [1.82, 2.24) is 16.0 Å². The minimum atomic E-state index is -1.54. The molecule has 14 heteroatoms. The van der Waals surface area contributed by atoms with Crippen molar-refractivity contribution >= 4 is 35.5 Å². The lowest BCUT2D eigenvalue weighted by Gasteiger charge is -2.24. The van der Waals surface area contributed by atoms with Gasteiger partial charge in [0.25, 0.3) is 0 Å². The molecule has 11 N–H and O–H groups in total. The topological polar surface area (TPSA) is 257 Å². The van der Waals surface area contributed by atoms with Gasteiger partial charge in [0.05, 0.1) is 12.5 Å². The number of hydrogen-bond donors (Lipinski definition) is 8. The van der Waals surface area contributed by atoms with Crippen LogP contribution in [-0.2, 0) is 28.8 Å². The Morgan fingerprint density at radius 1 is 0.833 bits per heavy atom. The number of carboxylic acids is 1. The molecule has 0 spiro atoms. The van der Waals surface area contributed by atoms with Gasteiger partial charge in [0.1, 0.15) is 24.2 Å². The summed E-state index contributed by atoms with van der Waals surface area (Å²) in [6.45, 7) is 2.42. The Balaban J connectivity index is 5.44. The second-order valence-electron chi connectivity index (χ2n) is 6.63. The van der Waals surface area contributed by atoms with Crippen molar-refractivity contribution in [3.05, 3.63) is 0 Å². The normalized spacial score (nSPS) is 15.6. The van der Waals surface area contributed by atoms with E-state index in [1.165, 1.54) is 13.8 Å². The van der Waals surface area contributed by atoms with E-state index in [9.17, 15) is 33.9 Å². The highest BCUT2D eigenvalue weighted by molar-refractivity contribution is 5.96. The highest BCUT2D eigenvalue weighted by Crippen LogP contribution is 2.02. The summed E-state index contributed by atoms with van der Waals surface area (Å²) in [5.74, 6) is -5.98. The van der Waals surface area contributed by atoms with E-state index in [4.69, 9.17) is 22.3 Å². The first-order valence-corrected chi connectivity index (χ1v) is 8.90. The van der Waals surface area contributed by atoms with Crippen LogP contribution in [0.25, 0.3) is 0 Å². The fourth-order valence-corrected chi connectivity index (χ4v) is 2.10. The number of primary amides is 2. The number of amides is 5. The quantitative estimate of drug-likeness (QED) is 0.139. The Hall–Kier alpha value is -3.26. The van der Waals surface area contributed by atoms with Crippen LogP contribution < -0.4 is 33.2 Å². The molecule has 0 aromatic heterocycles. The van der Waals surface area contributed by atoms with Crippen LogP contribution in [0, 0.1) is 0 Å². The number of aliphatic hydroxyl groups excluding tert-OH is 1. The van der Waals surface area contributed by atoms with E-state index in [0.717, 1.165) is 0 Å². The molecular weight excluding hydrogens is 404 g/mol. The van der Waals surface area contributed by atoms with Crippen LogP contribution in [0.15, 0.2) is 0 Å². The maximum atomic E-state index is 12.5. The van der Waals surface area contributed by atoms with Crippen molar-refractivity contribution in [1.29, 1.82) is 0 Å². The smallest absolute Gasteiger partial charge is 0.325 e. The highest BCUT2D eigenvalue weighted by atomic mass is 16.4. The number of nitrogens with one attached hydrogen (secondary N) is 3. The summed E-state index contributed by atoms with van der Waals surface area (Å²) in [6, 6.07) is -5.64. The number of carbonyl (C=O) groups excluding carboxylic acids is 5. The number of carboxylic acid groups (broad SMARTS) is 1. The largest absolute Gasteiger partial charge is 0.480 e. The van der Waals surface area contributed by atoms with Crippen LogP contribution >= 0.6 is 0 Å². The van der Waals surface area contributed by atoms with Crippen LogP contribution in [0.5, 0.6) is 0 Å². The van der Waals surface area contributed by atoms with Gasteiger partial charge in [-0.1, -0.05) is 0 Å². The Morgan fingerprint density at radius 3 is 1.77 bits per heavy atom. The molecule has 0 aromatic rings. The predicted molar refractivity (Wildman–Crippen MR) is 101 cm³/mol. The minimum absolute atomic E-state index is 0.274. The first-order chi connectivity index (χ1) is 13.8. The zero-order chi connectivity index (χ0) is 23.6. The minimum Gasteiger partial charge on any atom is -0.480 e. The van der Waals surface area contributed by atoms with Crippen molar-refractivity contribution in [2.45, 2.75) is 63.4 Å². The Morgan fingerprint density at radius 2 is 1.33 bits per heavy atom. The first-order valence-electron chi connectivity index (χ1n) is 8.90. The third-order valence-corrected chi connectivity index (χ3v) is 3.90. The number of nitrogens with two attached hydrogens (primary N) is 3. The lowest BCUT2D eigenvalue weighted by Crippen LogP contribution is -2.58. The fourth-order valence-electron chi connectivity index (χ4n) is 2.10. The molecule has 0 aliphatic carbocycles. The van der Waals surface area contributed by atoms with Crippen molar-refractivity contribution in [3.8, 4) is 0 Å². The van der Waals surface area contributed by atoms with Gasteiger partial charge in [0.15, 0.2) is 0 Å². The van der Waals surface area contributed by atoms with E-state index in [2.05, 4.69) is 16.0 Å². The average Bonchev–Trinajstić information content (AvgIpc) is 2.62. The van der Waals surface area contributed by atoms with Crippen LogP contribution in [0.2, 0.25) is 0 Å². The van der Waals surface area contributed by atoms with Crippen molar-refractivity contribution < 1.29 is 39.0 Å². The van der Waals surface area contributed by atoms with Gasteiger partial charge in [-0.2, -0.15) is 0 Å². The van der Waals surface area contributed by atoms with E-state index in [0.29, 0.717) is 0 Å². The Labute approximate surface area is 171 Å². The summed E-state index contributed by atoms with van der Waals surface area (Å²) in [5, 5.41) is 24.7. The van der Waals surface area contributed by atoms with Gasteiger partial charge in [-0.05, 0) is 20.3 Å². The molecular formula is C16H28N6O8. The van der Waals surface area contributed by atoms with Gasteiger partial charge in [-0.25, -0.2) is 0 Å². The summed E-state index contributed by atoms with van der Waals surface area (Å²) >= 11 is 0. The second kappa shape index (κ2) is 12.3. The molecule has 14 nitrogen and oxygen atoms in total. The van der Waals surface area contributed by atoms with Gasteiger partial charge < -0.3 is 43.4 Å². The van der Waals surface area contributed by atoms with Crippen molar-refractivity contribution in [2.75, 3.05) is 0 Å². The van der Waals surface area contributed by atoms with Crippen LogP contribution in [0.4, 0.5) is 0 Å². The average molecular weight is 432 g/mol. The molecule has 0 fully saturated rings. The lowest BCUT2D eigenvalue weighted by atomic mass is 10.1. The Bertz CT molecular complexity index is 683. The molecule has 0 saturated carbocycles. The summed E-state index contributed by atoms with van der Waals surface area (Å²) in [4.78, 5) is 70.0. The number of hydrogen-bond acceptors (Lipinski definition) is 8. The fraction of sp³-hybridized carbons (Fsp3) is 0.625. The molecule has 5 unspecified atom stereocenters. The molecule has 30 heavy (non-hydrogen) atoms. The van der Waals surface area contributed by atoms with E-state index >= 15 is 0 Å². The maximum absolute atomic E-state index is 12.5. The Kier molecular flexibility index (Phi) is 11.0. The molecule has 5 amide bonds. The molecule has 0 radical (unpaired) electrons. The second-order valence-corrected chi connectivity index (χ2v) is 6.63. The third kappa shape index (κ3) is 9.79. The van der Waals surface area contributed by atoms with E-state index in [1.807, 2.05) is 0 Å². The van der Waals surface area contributed by atoms with Crippen molar-refractivity contribution in [3.63, 3.8) is 0 Å². The summed E-state index contributed by atoms with van der Waals surface area (Å²) in [7, 11) is 0. The molecule has 0 aromatic carbocycles. The zero-order valence-electron chi connectivity index (χ0n) is 16.6. The van der Waals surface area contributed by atoms with Crippen LogP contribution in [0.1, 0.15) is 33.1 Å². The molecule has 0 rings (SSSR count). The summed E-state index contributed by atoms with van der Waals surface area (Å²) in [6.07, 6.45) is -2.50. The standard InChI is InChI=1S/C16H28N6O8/c1-6(16(29)30)20-13(26)8(3-4-10(17)24)21-14(27)9(5-11(18)25)22-15(28)12(19)7(2)23/h6-9,12,23H,3-5,19H2,1-2H3,(H2,17,24)(H2,18,25)(H,20,26)(H,21,27)(H,22,28)(H,29,30). The van der Waals surface area contributed by atoms with Gasteiger partial charge in [0.2, 0.25) is 29.5 Å². The number of aliphatic carboxylic acids is 1. The summed E-state index contributed by atoms with van der Waals surface area (Å²) < 4.78 is 0. The van der Waals surface area contributed by atoms with Crippen LogP contribution in [-0.4, -0.2) is 76.0 Å². The molecule has 0 saturated heterocycles. The maximum Gasteiger partial charge on any atom is 0.325 e. The van der Waals surface area contributed by atoms with Gasteiger partial charge in [-0.3, -0.25) is 28.8 Å². The predicted octanol–water partition coefficient (Wildman–Crippen LogP) is -4.61. The molecule has 0 bridgehead atoms.